The van der Waals surface area contributed by atoms with E-state index in [0.717, 1.165) is 6.26 Å². The van der Waals surface area contributed by atoms with Gasteiger partial charge in [-0.15, -0.1) is 0 Å². The Balaban J connectivity index is 2.61. The lowest BCUT2D eigenvalue weighted by molar-refractivity contribution is 0.0995. The van der Waals surface area contributed by atoms with Gasteiger partial charge >= 0.3 is 0 Å². The normalized spacial score (nSPS) is 19.9. The SMILES string of the molecule is CC1CC(c2c(Cl)cccc2S(C)(=O)=O)=NO1. The van der Waals surface area contributed by atoms with Crippen molar-refractivity contribution < 1.29 is 13.3 Å². The number of nitrogens with zero attached hydrogens (tertiary/aromatic N) is 1. The number of hydrogen-bond acceptors (Lipinski definition) is 4. The molecule has 0 amide bonds. The molecule has 0 N–H and O–H groups in total. The van der Waals surface area contributed by atoms with E-state index in [1.807, 2.05) is 6.92 Å². The maximum Gasteiger partial charge on any atom is 0.176 e. The first kappa shape index (κ1) is 12.4. The fourth-order valence-corrected chi connectivity index (χ4v) is 3.01. The monoisotopic (exact) mass is 273 g/mol. The van der Waals surface area contributed by atoms with Gasteiger partial charge in [-0.3, -0.25) is 0 Å². The molecule has 1 aromatic carbocycles. The van der Waals surface area contributed by atoms with Gasteiger partial charge in [0, 0.05) is 18.2 Å². The molecule has 1 heterocycles. The highest BCUT2D eigenvalue weighted by Gasteiger charge is 2.25. The lowest BCUT2D eigenvalue weighted by Gasteiger charge is -2.08. The number of benzene rings is 1. The summed E-state index contributed by atoms with van der Waals surface area (Å²) < 4.78 is 23.4. The molecule has 2 rings (SSSR count). The third kappa shape index (κ3) is 2.45. The smallest absolute Gasteiger partial charge is 0.176 e. The Bertz CT molecular complexity index is 580. The standard InChI is InChI=1S/C11H12ClNO3S/c1-7-6-9(13-16-7)11-8(12)4-3-5-10(11)17(2,14)15/h3-5,7H,6H2,1-2H3. The highest BCUT2D eigenvalue weighted by molar-refractivity contribution is 7.90. The van der Waals surface area contributed by atoms with E-state index in [-0.39, 0.29) is 11.0 Å². The van der Waals surface area contributed by atoms with Crippen LogP contribution in [-0.4, -0.2) is 26.5 Å². The van der Waals surface area contributed by atoms with Crippen molar-refractivity contribution in [3.05, 3.63) is 28.8 Å². The molecule has 1 aliphatic rings. The van der Waals surface area contributed by atoms with E-state index in [0.29, 0.717) is 22.7 Å². The van der Waals surface area contributed by atoms with Gasteiger partial charge in [0.1, 0.15) is 6.10 Å². The Hall–Kier alpha value is -1.07. The van der Waals surface area contributed by atoms with Crippen molar-refractivity contribution in [1.29, 1.82) is 0 Å². The highest BCUT2D eigenvalue weighted by Crippen LogP contribution is 2.28. The van der Waals surface area contributed by atoms with Gasteiger partial charge in [-0.05, 0) is 19.1 Å². The molecule has 92 valence electrons. The fourth-order valence-electron chi connectivity index (χ4n) is 1.74. The second kappa shape index (κ2) is 4.31. The van der Waals surface area contributed by atoms with Crippen molar-refractivity contribution in [2.24, 2.45) is 5.16 Å². The van der Waals surface area contributed by atoms with Crippen LogP contribution in [0.15, 0.2) is 28.3 Å². The maximum absolute atomic E-state index is 11.7. The predicted octanol–water partition coefficient (Wildman–Crippen LogP) is 2.26. The summed E-state index contributed by atoms with van der Waals surface area (Å²) >= 11 is 6.06. The highest BCUT2D eigenvalue weighted by atomic mass is 35.5. The average molecular weight is 274 g/mol. The first-order chi connectivity index (χ1) is 7.89. The van der Waals surface area contributed by atoms with Gasteiger partial charge in [0.25, 0.3) is 0 Å². The van der Waals surface area contributed by atoms with Gasteiger partial charge in [0.15, 0.2) is 9.84 Å². The van der Waals surface area contributed by atoms with Gasteiger partial charge in [-0.2, -0.15) is 0 Å². The largest absolute Gasteiger partial charge is 0.392 e. The van der Waals surface area contributed by atoms with Crippen molar-refractivity contribution in [3.63, 3.8) is 0 Å². The van der Waals surface area contributed by atoms with Crippen LogP contribution < -0.4 is 0 Å². The van der Waals surface area contributed by atoms with Crippen molar-refractivity contribution in [2.45, 2.75) is 24.3 Å². The zero-order valence-corrected chi connectivity index (χ0v) is 11.0. The summed E-state index contributed by atoms with van der Waals surface area (Å²) in [5.41, 5.74) is 1.05. The molecule has 0 bridgehead atoms. The molecule has 0 aromatic heterocycles. The summed E-state index contributed by atoms with van der Waals surface area (Å²) in [6, 6.07) is 4.79. The first-order valence-electron chi connectivity index (χ1n) is 5.11. The summed E-state index contributed by atoms with van der Waals surface area (Å²) in [6.07, 6.45) is 1.67. The molecule has 0 saturated heterocycles. The maximum atomic E-state index is 11.7. The molecule has 0 aliphatic carbocycles. The minimum absolute atomic E-state index is 0.0475. The minimum atomic E-state index is -3.33. The molecule has 1 atom stereocenters. The van der Waals surface area contributed by atoms with Crippen LogP contribution in [0.5, 0.6) is 0 Å². The Morgan fingerprint density at radius 3 is 2.71 bits per heavy atom. The first-order valence-corrected chi connectivity index (χ1v) is 7.38. The zero-order valence-electron chi connectivity index (χ0n) is 9.47. The molecule has 0 spiro atoms. The van der Waals surface area contributed by atoms with Crippen LogP contribution in [0.1, 0.15) is 18.9 Å². The van der Waals surface area contributed by atoms with Gasteiger partial charge in [-0.1, -0.05) is 22.8 Å². The molecular formula is C11H12ClNO3S. The van der Waals surface area contributed by atoms with Gasteiger partial charge in [0.2, 0.25) is 0 Å². The van der Waals surface area contributed by atoms with Crippen LogP contribution in [-0.2, 0) is 14.7 Å². The van der Waals surface area contributed by atoms with Gasteiger partial charge in [0.05, 0.1) is 15.6 Å². The lowest BCUT2D eigenvalue weighted by atomic mass is 10.1. The van der Waals surface area contributed by atoms with Crippen LogP contribution >= 0.6 is 11.6 Å². The summed E-state index contributed by atoms with van der Waals surface area (Å²) in [7, 11) is -3.33. The van der Waals surface area contributed by atoms with Crippen molar-refractivity contribution in [2.75, 3.05) is 6.26 Å². The van der Waals surface area contributed by atoms with Crippen LogP contribution in [0, 0.1) is 0 Å². The third-order valence-electron chi connectivity index (χ3n) is 2.49. The van der Waals surface area contributed by atoms with Crippen LogP contribution in [0.4, 0.5) is 0 Å². The molecule has 0 radical (unpaired) electrons. The van der Waals surface area contributed by atoms with Crippen molar-refractivity contribution >= 4 is 27.1 Å². The van der Waals surface area contributed by atoms with E-state index in [2.05, 4.69) is 5.16 Å². The summed E-state index contributed by atoms with van der Waals surface area (Å²) in [6.45, 7) is 1.87. The van der Waals surface area contributed by atoms with Crippen LogP contribution in [0.3, 0.4) is 0 Å². The summed E-state index contributed by atoms with van der Waals surface area (Å²) in [5.74, 6) is 0. The van der Waals surface area contributed by atoms with Gasteiger partial charge < -0.3 is 4.84 Å². The van der Waals surface area contributed by atoms with E-state index in [4.69, 9.17) is 16.4 Å². The number of hydrogen-bond donors (Lipinski definition) is 0. The topological polar surface area (TPSA) is 55.7 Å². The fraction of sp³-hybridized carbons (Fsp3) is 0.364. The molecule has 6 heteroatoms. The summed E-state index contributed by atoms with van der Waals surface area (Å²) in [4.78, 5) is 5.27. The second-order valence-electron chi connectivity index (χ2n) is 4.04. The average Bonchev–Trinajstić information content (AvgIpc) is 2.63. The Labute approximate surface area is 105 Å². The number of halogens is 1. The van der Waals surface area contributed by atoms with Crippen LogP contribution in [0.2, 0.25) is 5.02 Å². The zero-order chi connectivity index (χ0) is 12.6. The number of sulfone groups is 1. The number of oxime groups is 1. The molecule has 1 unspecified atom stereocenters. The Morgan fingerprint density at radius 2 is 2.18 bits per heavy atom. The summed E-state index contributed by atoms with van der Waals surface area (Å²) in [5, 5.41) is 4.27. The quantitative estimate of drug-likeness (QED) is 0.830. The molecule has 0 fully saturated rings. The Morgan fingerprint density at radius 1 is 1.47 bits per heavy atom. The molecule has 0 saturated carbocycles. The van der Waals surface area contributed by atoms with E-state index in [9.17, 15) is 8.42 Å². The van der Waals surface area contributed by atoms with E-state index >= 15 is 0 Å². The lowest BCUT2D eigenvalue weighted by Crippen LogP contribution is -2.10. The molecular weight excluding hydrogens is 262 g/mol. The second-order valence-corrected chi connectivity index (χ2v) is 6.43. The minimum Gasteiger partial charge on any atom is -0.392 e. The Kier molecular flexibility index (Phi) is 3.14. The molecule has 1 aliphatic heterocycles. The van der Waals surface area contributed by atoms with E-state index in [1.165, 1.54) is 6.07 Å². The van der Waals surface area contributed by atoms with Crippen molar-refractivity contribution in [1.82, 2.24) is 0 Å². The van der Waals surface area contributed by atoms with E-state index < -0.39 is 9.84 Å². The van der Waals surface area contributed by atoms with Crippen LogP contribution in [0.25, 0.3) is 0 Å². The van der Waals surface area contributed by atoms with E-state index in [1.54, 1.807) is 12.1 Å². The predicted molar refractivity (Wildman–Crippen MR) is 66.3 cm³/mol. The van der Waals surface area contributed by atoms with Crippen molar-refractivity contribution in [3.8, 4) is 0 Å². The third-order valence-corrected chi connectivity index (χ3v) is 3.94. The number of rotatable bonds is 2. The molecule has 17 heavy (non-hydrogen) atoms. The molecule has 4 nitrogen and oxygen atoms in total. The molecule has 1 aromatic rings. The van der Waals surface area contributed by atoms with Gasteiger partial charge in [-0.25, -0.2) is 8.42 Å².